The molecule has 0 saturated carbocycles. The topological polar surface area (TPSA) is 102 Å². The molecule has 0 spiro atoms. The van der Waals surface area contributed by atoms with Crippen LogP contribution in [0.3, 0.4) is 0 Å². The Kier molecular flexibility index (Phi) is 12.3. The van der Waals surface area contributed by atoms with Crippen LogP contribution in [0.5, 0.6) is 0 Å². The van der Waals surface area contributed by atoms with E-state index >= 15 is 0 Å². The van der Waals surface area contributed by atoms with Crippen LogP contribution >= 0.6 is 0 Å². The second kappa shape index (κ2) is 14.1. The van der Waals surface area contributed by atoms with Crippen LogP contribution in [0.1, 0.15) is 66.2 Å². The first-order chi connectivity index (χ1) is 15.2. The van der Waals surface area contributed by atoms with Crippen LogP contribution < -0.4 is 5.32 Å². The summed E-state index contributed by atoms with van der Waals surface area (Å²) in [6.07, 6.45) is -1.59. The summed E-state index contributed by atoms with van der Waals surface area (Å²) >= 11 is 0. The fraction of sp³-hybridized carbons (Fsp3) is 0.818. The van der Waals surface area contributed by atoms with Crippen molar-refractivity contribution in [1.29, 1.82) is 0 Å². The highest BCUT2D eigenvalue weighted by atomic mass is 19.1. The van der Waals surface area contributed by atoms with E-state index < -0.39 is 42.7 Å². The minimum absolute atomic E-state index is 0.0103. The number of likely N-dealkylation sites (tertiary alicyclic amines) is 1. The van der Waals surface area contributed by atoms with Gasteiger partial charge in [0.05, 0.1) is 0 Å². The minimum atomic E-state index is -1.83. The van der Waals surface area contributed by atoms with Crippen molar-refractivity contribution in [2.45, 2.75) is 91.0 Å². The largest absolute Gasteiger partial charge is 0.430 e. The van der Waals surface area contributed by atoms with E-state index in [9.17, 15) is 28.0 Å². The average molecular weight is 463 g/mol. The number of rotatable bonds is 14. The molecule has 0 aromatic rings. The molecule has 0 aromatic carbocycles. The number of ether oxygens (including phenoxy) is 2. The first-order valence-corrected chi connectivity index (χ1v) is 11.3. The maximum Gasteiger partial charge on any atom is 0.326 e. The van der Waals surface area contributed by atoms with Gasteiger partial charge in [-0.05, 0) is 25.2 Å². The molecule has 184 valence electrons. The van der Waals surface area contributed by atoms with E-state index in [0.717, 1.165) is 0 Å². The number of hydrogen-bond acceptors (Lipinski definition) is 7. The molecule has 0 aliphatic carbocycles. The predicted octanol–water partition coefficient (Wildman–Crippen LogP) is 2.68. The summed E-state index contributed by atoms with van der Waals surface area (Å²) in [4.78, 5) is 50.0. The molecule has 0 aromatic heterocycles. The zero-order valence-corrected chi connectivity index (χ0v) is 19.4. The Hall–Kier alpha value is -2.10. The molecular weight excluding hydrogens is 426 g/mol. The number of aldehydes is 1. The van der Waals surface area contributed by atoms with E-state index in [2.05, 4.69) is 5.32 Å². The average Bonchev–Trinajstić information content (AvgIpc) is 3.09. The molecule has 0 radical (unpaired) electrons. The first-order valence-electron chi connectivity index (χ1n) is 11.3. The Labute approximate surface area is 188 Å². The number of nitrogens with one attached hydrogen (secondary N) is 1. The van der Waals surface area contributed by atoms with E-state index in [0.29, 0.717) is 25.5 Å². The Bertz CT molecular complexity index is 636. The van der Waals surface area contributed by atoms with Crippen molar-refractivity contribution in [3.05, 3.63) is 0 Å². The number of alkyl halides is 2. The van der Waals surface area contributed by atoms with Gasteiger partial charge in [-0.15, -0.1) is 0 Å². The lowest BCUT2D eigenvalue weighted by atomic mass is 10.0. The third-order valence-electron chi connectivity index (χ3n) is 5.55. The predicted molar refractivity (Wildman–Crippen MR) is 113 cm³/mol. The van der Waals surface area contributed by atoms with Crippen LogP contribution in [0.25, 0.3) is 0 Å². The maximum absolute atomic E-state index is 14.0. The van der Waals surface area contributed by atoms with Gasteiger partial charge in [-0.1, -0.05) is 27.2 Å². The van der Waals surface area contributed by atoms with Gasteiger partial charge in [-0.2, -0.15) is 0 Å². The Balaban J connectivity index is 3.15. The minimum Gasteiger partial charge on any atom is -0.430 e. The Morgan fingerprint density at radius 2 is 1.62 bits per heavy atom. The Morgan fingerprint density at radius 3 is 2.09 bits per heavy atom. The van der Waals surface area contributed by atoms with Crippen LogP contribution in [0, 0.1) is 11.8 Å². The summed E-state index contributed by atoms with van der Waals surface area (Å²) in [5, 5.41) is 2.69. The quantitative estimate of drug-likeness (QED) is 0.313. The highest BCUT2D eigenvalue weighted by Crippen LogP contribution is 2.33. The lowest BCUT2D eigenvalue weighted by Crippen LogP contribution is -2.50. The highest BCUT2D eigenvalue weighted by molar-refractivity contribution is 5.85. The van der Waals surface area contributed by atoms with Gasteiger partial charge in [0.1, 0.15) is 18.4 Å². The normalized spacial score (nSPS) is 23.8. The second-order valence-corrected chi connectivity index (χ2v) is 8.18. The van der Waals surface area contributed by atoms with E-state index in [1.165, 1.54) is 11.8 Å². The molecule has 0 bridgehead atoms. The third kappa shape index (κ3) is 8.44. The molecule has 3 unspecified atom stereocenters. The molecule has 32 heavy (non-hydrogen) atoms. The first kappa shape index (κ1) is 27.9. The molecule has 1 N–H and O–H groups in total. The zero-order chi connectivity index (χ0) is 24.3. The smallest absolute Gasteiger partial charge is 0.326 e. The molecule has 1 amide bonds. The van der Waals surface area contributed by atoms with E-state index in [1.54, 1.807) is 13.8 Å². The van der Waals surface area contributed by atoms with Crippen molar-refractivity contribution in [1.82, 2.24) is 10.2 Å². The second-order valence-electron chi connectivity index (χ2n) is 8.18. The van der Waals surface area contributed by atoms with E-state index in [-0.39, 0.29) is 44.2 Å². The van der Waals surface area contributed by atoms with Crippen LogP contribution in [-0.4, -0.2) is 66.9 Å². The molecule has 1 fully saturated rings. The molecule has 1 heterocycles. The molecule has 1 rings (SSSR count). The summed E-state index contributed by atoms with van der Waals surface area (Å²) in [7, 11) is 0. The molecule has 10 heteroatoms. The number of carbonyl (C=O) groups excluding carboxylic acids is 4. The lowest BCUT2D eigenvalue weighted by Gasteiger charge is -2.32. The fourth-order valence-electron chi connectivity index (χ4n) is 3.77. The van der Waals surface area contributed by atoms with Gasteiger partial charge >= 0.3 is 11.9 Å². The van der Waals surface area contributed by atoms with Crippen LogP contribution in [0.2, 0.25) is 0 Å². The van der Waals surface area contributed by atoms with Crippen molar-refractivity contribution in [3.8, 4) is 0 Å². The molecular formula is C22H36F2N2O6. The number of carbonyl (C=O) groups is 4. The summed E-state index contributed by atoms with van der Waals surface area (Å²) in [5.41, 5.74) is 0. The van der Waals surface area contributed by atoms with Gasteiger partial charge in [0.2, 0.25) is 18.6 Å². The maximum atomic E-state index is 14.0. The van der Waals surface area contributed by atoms with Crippen molar-refractivity contribution >= 4 is 24.1 Å². The lowest BCUT2D eigenvalue weighted by molar-refractivity contribution is -0.170. The van der Waals surface area contributed by atoms with Crippen LogP contribution in [0.15, 0.2) is 0 Å². The van der Waals surface area contributed by atoms with Gasteiger partial charge in [-0.25, -0.2) is 8.78 Å². The number of nitrogens with zero attached hydrogens (tertiary/aromatic N) is 1. The molecule has 6 atom stereocenters. The van der Waals surface area contributed by atoms with Gasteiger partial charge in [0.25, 0.3) is 0 Å². The zero-order valence-electron chi connectivity index (χ0n) is 19.4. The number of halogens is 2. The molecule has 1 saturated heterocycles. The molecule has 1 aliphatic rings. The van der Waals surface area contributed by atoms with E-state index in [4.69, 9.17) is 9.47 Å². The van der Waals surface area contributed by atoms with Crippen LogP contribution in [-0.2, 0) is 28.7 Å². The summed E-state index contributed by atoms with van der Waals surface area (Å²) < 4.78 is 37.7. The van der Waals surface area contributed by atoms with Gasteiger partial charge in [0.15, 0.2) is 0 Å². The number of esters is 2. The van der Waals surface area contributed by atoms with Crippen molar-refractivity contribution in [3.63, 3.8) is 0 Å². The van der Waals surface area contributed by atoms with Crippen molar-refractivity contribution in [2.75, 3.05) is 13.1 Å². The van der Waals surface area contributed by atoms with Gasteiger partial charge < -0.3 is 19.6 Å². The third-order valence-corrected chi connectivity index (χ3v) is 5.55. The van der Waals surface area contributed by atoms with Crippen molar-refractivity contribution in [2.24, 2.45) is 11.8 Å². The summed E-state index contributed by atoms with van der Waals surface area (Å²) in [5.74, 6) is -3.17. The Morgan fingerprint density at radius 1 is 1.06 bits per heavy atom. The summed E-state index contributed by atoms with van der Waals surface area (Å²) in [6.45, 7) is 7.14. The fourth-order valence-corrected chi connectivity index (χ4v) is 3.77. The van der Waals surface area contributed by atoms with Gasteiger partial charge in [-0.3, -0.25) is 19.3 Å². The van der Waals surface area contributed by atoms with Crippen LogP contribution in [0.4, 0.5) is 8.78 Å². The molecule has 1 aliphatic heterocycles. The monoisotopic (exact) mass is 462 g/mol. The highest BCUT2D eigenvalue weighted by Gasteiger charge is 2.50. The SMILES string of the molecule is CCCC(F)OC(=O)[C@H]1C[C@@H](C=O)[C@H](C(=O)OC(F)CCC)N1CC(CC)CNC(C)=O. The van der Waals surface area contributed by atoms with E-state index in [1.807, 2.05) is 6.92 Å². The van der Waals surface area contributed by atoms with Crippen molar-refractivity contribution < 1.29 is 37.4 Å². The number of amides is 1. The van der Waals surface area contributed by atoms with Gasteiger partial charge in [0, 0.05) is 38.8 Å². The summed E-state index contributed by atoms with van der Waals surface area (Å²) in [6, 6.07) is -2.26. The number of hydrogen-bond donors (Lipinski definition) is 1. The standard InChI is InChI=1S/C22H36F2N2O6/c1-5-8-18(23)31-21(29)17-10-16(13-27)20(22(30)32-19(24)9-6-2)26(17)12-15(7-3)11-25-14(4)28/h13,15-20H,5-12H2,1-4H3,(H,25,28)/t15?,16-,17+,18?,19?,20+/m0/s1. The molecule has 8 nitrogen and oxygen atoms in total.